The second-order valence-corrected chi connectivity index (χ2v) is 1.32. The van der Waals surface area contributed by atoms with E-state index in [1.807, 2.05) is 0 Å². The summed E-state index contributed by atoms with van der Waals surface area (Å²) in [6.07, 6.45) is 2.14. The van der Waals surface area contributed by atoms with Gasteiger partial charge >= 0.3 is 0 Å². The number of carbonyl (C=O) groups excluding carboxylic acids is 1. The van der Waals surface area contributed by atoms with Crippen LogP contribution in [0.3, 0.4) is 0 Å². The van der Waals surface area contributed by atoms with E-state index in [1.165, 1.54) is 6.92 Å². The zero-order valence-electron chi connectivity index (χ0n) is 5.07. The Morgan fingerprint density at radius 1 is 1.89 bits per heavy atom. The zero-order chi connectivity index (χ0) is 7.28. The van der Waals surface area contributed by atoms with Crippen LogP contribution in [-0.2, 0) is 9.53 Å². The molecule has 0 saturated heterocycles. The molecule has 0 saturated carbocycles. The fraction of sp³-hybridized carbons (Fsp3) is 0.200. The molecule has 4 nitrogen and oxygen atoms in total. The maximum Gasteiger partial charge on any atom is 0.247 e. The Bertz CT molecular complexity index is 121. The third kappa shape index (κ3) is 3.54. The number of ether oxygens (including phenoxy) is 1. The Hall–Kier alpha value is -1.03. The highest BCUT2D eigenvalue weighted by Crippen LogP contribution is 1.83. The van der Waals surface area contributed by atoms with E-state index in [0.717, 1.165) is 12.5 Å². The lowest BCUT2D eigenvalue weighted by molar-refractivity contribution is -0.151. The van der Waals surface area contributed by atoms with Crippen molar-refractivity contribution >= 4 is 5.91 Å². The number of hydroxylamine groups is 2. The molecular weight excluding hydrogens is 122 g/mol. The summed E-state index contributed by atoms with van der Waals surface area (Å²) >= 11 is 0. The van der Waals surface area contributed by atoms with Crippen LogP contribution in [0.5, 0.6) is 0 Å². The maximum absolute atomic E-state index is 10.2. The van der Waals surface area contributed by atoms with Gasteiger partial charge in [-0.2, -0.15) is 5.06 Å². The van der Waals surface area contributed by atoms with E-state index in [2.05, 4.69) is 11.8 Å². The number of carbonyl (C=O) groups is 1. The lowest BCUT2D eigenvalue weighted by Gasteiger charge is -2.03. The molecule has 0 aliphatic rings. The second kappa shape index (κ2) is 3.91. The fourth-order valence-electron chi connectivity index (χ4n) is 0.206. The number of amides is 1. The van der Waals surface area contributed by atoms with Gasteiger partial charge in [0.05, 0.1) is 6.20 Å². The molecule has 51 valence electrons. The molecule has 0 aromatic carbocycles. The smallest absolute Gasteiger partial charge is 0.247 e. The average molecular weight is 130 g/mol. The van der Waals surface area contributed by atoms with Gasteiger partial charge in [0.15, 0.2) is 0 Å². The lowest BCUT2D eigenvalue weighted by Crippen LogP contribution is -2.17. The highest BCUT2D eigenvalue weighted by Gasteiger charge is 1.96. The first-order valence-corrected chi connectivity index (χ1v) is 2.24. The quantitative estimate of drug-likeness (QED) is 0.336. The van der Waals surface area contributed by atoms with Gasteiger partial charge in [-0.1, -0.05) is 0 Å². The van der Waals surface area contributed by atoms with Crippen molar-refractivity contribution in [1.82, 2.24) is 5.06 Å². The van der Waals surface area contributed by atoms with Gasteiger partial charge in [0.25, 0.3) is 0 Å². The summed E-state index contributed by atoms with van der Waals surface area (Å²) in [4.78, 5) is 10.2. The minimum Gasteiger partial charge on any atom is -0.496 e. The van der Waals surface area contributed by atoms with Crippen molar-refractivity contribution in [2.75, 3.05) is 0 Å². The normalized spacial score (nSPS) is 9.67. The molecule has 0 fully saturated rings. The minimum atomic E-state index is -0.483. The predicted molar refractivity (Wildman–Crippen MR) is 29.9 cm³/mol. The summed E-state index contributed by atoms with van der Waals surface area (Å²) in [7, 11) is 2.98. The molecule has 9 heavy (non-hydrogen) atoms. The lowest BCUT2D eigenvalue weighted by atomic mass is 10.7. The standard InChI is InChI=1S/C5H8NO3/c1-5(7)6(8)3-4-9-2/h3-4,8H,2H2,1H3. The third-order valence-corrected chi connectivity index (χ3v) is 0.621. The molecular formula is C5H8NO3. The van der Waals surface area contributed by atoms with Gasteiger partial charge in [0.2, 0.25) is 5.91 Å². The summed E-state index contributed by atoms with van der Waals surface area (Å²) in [6, 6.07) is 0. The Kier molecular flexibility index (Phi) is 3.46. The van der Waals surface area contributed by atoms with Crippen LogP contribution in [0, 0.1) is 7.11 Å². The molecule has 1 N–H and O–H groups in total. The summed E-state index contributed by atoms with van der Waals surface area (Å²) in [5, 5.41) is 8.94. The van der Waals surface area contributed by atoms with Gasteiger partial charge in [-0.3, -0.25) is 10.0 Å². The Labute approximate surface area is 53.3 Å². The van der Waals surface area contributed by atoms with E-state index >= 15 is 0 Å². The van der Waals surface area contributed by atoms with Crippen LogP contribution in [0.15, 0.2) is 12.5 Å². The number of nitrogens with zero attached hydrogens (tertiary/aromatic N) is 1. The van der Waals surface area contributed by atoms with Crippen LogP contribution in [0.4, 0.5) is 0 Å². The second-order valence-electron chi connectivity index (χ2n) is 1.32. The van der Waals surface area contributed by atoms with E-state index in [9.17, 15) is 4.79 Å². The Morgan fingerprint density at radius 3 is 2.78 bits per heavy atom. The summed E-state index contributed by atoms with van der Waals surface area (Å²) in [6.45, 7) is 1.22. The number of rotatable bonds is 2. The van der Waals surface area contributed by atoms with Gasteiger partial charge in [0, 0.05) is 6.92 Å². The average Bonchev–Trinajstić information content (AvgIpc) is 1.82. The van der Waals surface area contributed by atoms with Crippen molar-refractivity contribution in [2.24, 2.45) is 0 Å². The third-order valence-electron chi connectivity index (χ3n) is 0.621. The fourth-order valence-corrected chi connectivity index (χ4v) is 0.206. The summed E-state index contributed by atoms with van der Waals surface area (Å²) in [5.74, 6) is -0.483. The van der Waals surface area contributed by atoms with Crippen LogP contribution in [0.1, 0.15) is 6.92 Å². The van der Waals surface area contributed by atoms with Gasteiger partial charge < -0.3 is 4.74 Å². The van der Waals surface area contributed by atoms with Crippen molar-refractivity contribution in [3.8, 4) is 0 Å². The first-order valence-electron chi connectivity index (χ1n) is 2.24. The largest absolute Gasteiger partial charge is 0.496 e. The van der Waals surface area contributed by atoms with Gasteiger partial charge in [-0.15, -0.1) is 0 Å². The predicted octanol–water partition coefficient (Wildman–Crippen LogP) is 0.503. The van der Waals surface area contributed by atoms with Crippen molar-refractivity contribution in [3.63, 3.8) is 0 Å². The van der Waals surface area contributed by atoms with Crippen molar-refractivity contribution < 1.29 is 14.7 Å². The van der Waals surface area contributed by atoms with E-state index in [0.29, 0.717) is 5.06 Å². The van der Waals surface area contributed by atoms with E-state index in [4.69, 9.17) is 5.21 Å². The van der Waals surface area contributed by atoms with Crippen LogP contribution >= 0.6 is 0 Å². The molecule has 0 atom stereocenters. The van der Waals surface area contributed by atoms with Crippen molar-refractivity contribution in [3.05, 3.63) is 19.6 Å². The SMILES string of the molecule is [CH2]OC=CN(O)C(C)=O. The van der Waals surface area contributed by atoms with Gasteiger partial charge in [-0.25, -0.2) is 0 Å². The summed E-state index contributed by atoms with van der Waals surface area (Å²) in [5.41, 5.74) is 0. The monoisotopic (exact) mass is 130 g/mol. The molecule has 1 radical (unpaired) electrons. The highest BCUT2D eigenvalue weighted by atomic mass is 16.5. The van der Waals surface area contributed by atoms with Crippen LogP contribution < -0.4 is 0 Å². The van der Waals surface area contributed by atoms with Crippen molar-refractivity contribution in [1.29, 1.82) is 0 Å². The molecule has 0 aromatic heterocycles. The Morgan fingerprint density at radius 2 is 2.44 bits per heavy atom. The number of hydrogen-bond acceptors (Lipinski definition) is 3. The van der Waals surface area contributed by atoms with Gasteiger partial charge in [0.1, 0.15) is 13.4 Å². The molecule has 0 aliphatic heterocycles. The first-order chi connectivity index (χ1) is 4.18. The maximum atomic E-state index is 10.2. The molecule has 4 heteroatoms. The van der Waals surface area contributed by atoms with Crippen LogP contribution in [0.2, 0.25) is 0 Å². The topological polar surface area (TPSA) is 49.8 Å². The molecule has 0 unspecified atom stereocenters. The molecule has 0 heterocycles. The van der Waals surface area contributed by atoms with E-state index in [-0.39, 0.29) is 0 Å². The zero-order valence-corrected chi connectivity index (χ0v) is 5.07. The molecule has 0 aromatic rings. The highest BCUT2D eigenvalue weighted by molar-refractivity contribution is 5.72. The molecule has 1 amide bonds. The summed E-state index contributed by atoms with van der Waals surface area (Å²) < 4.78 is 4.18. The van der Waals surface area contributed by atoms with Gasteiger partial charge in [-0.05, 0) is 0 Å². The molecule has 0 aliphatic carbocycles. The van der Waals surface area contributed by atoms with Crippen LogP contribution in [0.25, 0.3) is 0 Å². The minimum absolute atomic E-state index is 0.394. The van der Waals surface area contributed by atoms with Crippen LogP contribution in [-0.4, -0.2) is 16.2 Å². The first kappa shape index (κ1) is 7.97. The molecule has 0 bridgehead atoms. The van der Waals surface area contributed by atoms with Crippen molar-refractivity contribution in [2.45, 2.75) is 6.92 Å². The number of hydrogen-bond donors (Lipinski definition) is 1. The molecule has 0 spiro atoms. The van der Waals surface area contributed by atoms with E-state index in [1.54, 1.807) is 0 Å². The Balaban J connectivity index is 3.62. The molecule has 0 rings (SSSR count). The van der Waals surface area contributed by atoms with E-state index < -0.39 is 5.91 Å².